The summed E-state index contributed by atoms with van der Waals surface area (Å²) in [6, 6.07) is 17.9. The lowest BCUT2D eigenvalue weighted by Crippen LogP contribution is -2.34. The molecule has 1 aromatic heterocycles. The van der Waals surface area contributed by atoms with Crippen LogP contribution >= 0.6 is 0 Å². The first-order valence-corrected chi connectivity index (χ1v) is 9.55. The van der Waals surface area contributed by atoms with E-state index in [0.29, 0.717) is 23.5 Å². The maximum absolute atomic E-state index is 13.2. The van der Waals surface area contributed by atoms with Gasteiger partial charge in [0.1, 0.15) is 5.69 Å². The zero-order valence-electron chi connectivity index (χ0n) is 15.7. The molecule has 0 saturated heterocycles. The molecule has 2 aromatic carbocycles. The van der Waals surface area contributed by atoms with Crippen LogP contribution in [0.2, 0.25) is 0 Å². The second-order valence-electron chi connectivity index (χ2n) is 7.66. The van der Waals surface area contributed by atoms with Gasteiger partial charge in [0.2, 0.25) is 0 Å². The summed E-state index contributed by atoms with van der Waals surface area (Å²) in [5, 5.41) is 1.40. The number of H-pyrrole nitrogens is 1. The maximum atomic E-state index is 13.2. The molecule has 0 atom stereocenters. The number of benzene rings is 2. The zero-order chi connectivity index (χ0) is 19.0. The molecular formula is C23H24N2O2. The average molecular weight is 360 g/mol. The Balaban J connectivity index is 1.62. The number of aromatic amines is 1. The lowest BCUT2D eigenvalue weighted by molar-refractivity contribution is 0.0724. The largest absolute Gasteiger partial charge is 0.330 e. The van der Waals surface area contributed by atoms with E-state index in [1.807, 2.05) is 23.1 Å². The van der Waals surface area contributed by atoms with Crippen molar-refractivity contribution in [3.63, 3.8) is 0 Å². The minimum absolute atomic E-state index is 0.103. The van der Waals surface area contributed by atoms with E-state index in [2.05, 4.69) is 43.1 Å². The Morgan fingerprint density at radius 1 is 1.11 bits per heavy atom. The Labute approximate surface area is 158 Å². The third-order valence-corrected chi connectivity index (χ3v) is 5.23. The van der Waals surface area contributed by atoms with Crippen LogP contribution in [-0.4, -0.2) is 21.8 Å². The van der Waals surface area contributed by atoms with Crippen molar-refractivity contribution in [3.8, 4) is 0 Å². The number of amides is 1. The number of carbonyl (C=O) groups excluding carboxylic acids is 1. The van der Waals surface area contributed by atoms with E-state index in [4.69, 9.17) is 0 Å². The molecule has 27 heavy (non-hydrogen) atoms. The van der Waals surface area contributed by atoms with Gasteiger partial charge in [0.05, 0.1) is 0 Å². The van der Waals surface area contributed by atoms with Crippen molar-refractivity contribution in [1.82, 2.24) is 9.88 Å². The quantitative estimate of drug-likeness (QED) is 0.730. The van der Waals surface area contributed by atoms with Gasteiger partial charge in [-0.05, 0) is 47.4 Å². The van der Waals surface area contributed by atoms with E-state index in [-0.39, 0.29) is 17.5 Å². The Morgan fingerprint density at radius 3 is 2.48 bits per heavy atom. The molecule has 1 saturated carbocycles. The van der Waals surface area contributed by atoms with Gasteiger partial charge < -0.3 is 9.88 Å². The molecule has 3 aromatic rings. The van der Waals surface area contributed by atoms with Gasteiger partial charge in [0.15, 0.2) is 0 Å². The van der Waals surface area contributed by atoms with Crippen LogP contribution in [-0.2, 0) is 6.54 Å². The van der Waals surface area contributed by atoms with Gasteiger partial charge in [-0.2, -0.15) is 0 Å². The number of hydrogen-bond donors (Lipinski definition) is 1. The highest BCUT2D eigenvalue weighted by molar-refractivity contribution is 5.96. The third-order valence-electron chi connectivity index (χ3n) is 5.23. The highest BCUT2D eigenvalue weighted by Gasteiger charge is 2.33. The number of hydrogen-bond acceptors (Lipinski definition) is 2. The first kappa shape index (κ1) is 17.5. The number of rotatable bonds is 5. The molecule has 1 aliphatic rings. The predicted octanol–water partition coefficient (Wildman–Crippen LogP) is 4.46. The maximum Gasteiger partial charge on any atom is 0.270 e. The van der Waals surface area contributed by atoms with Crippen LogP contribution in [0.5, 0.6) is 0 Å². The molecule has 1 fully saturated rings. The van der Waals surface area contributed by atoms with Crippen molar-refractivity contribution >= 4 is 16.7 Å². The average Bonchev–Trinajstić information content (AvgIpc) is 3.51. The fourth-order valence-electron chi connectivity index (χ4n) is 3.44. The molecule has 0 spiro atoms. The van der Waals surface area contributed by atoms with Crippen LogP contribution in [0, 0.1) is 0 Å². The molecule has 4 heteroatoms. The molecule has 0 bridgehead atoms. The van der Waals surface area contributed by atoms with Gasteiger partial charge in [0.25, 0.3) is 11.5 Å². The van der Waals surface area contributed by atoms with Crippen LogP contribution < -0.4 is 5.56 Å². The summed E-state index contributed by atoms with van der Waals surface area (Å²) in [4.78, 5) is 30.2. The first-order valence-electron chi connectivity index (χ1n) is 9.55. The zero-order valence-corrected chi connectivity index (χ0v) is 15.7. The van der Waals surface area contributed by atoms with Crippen molar-refractivity contribution < 1.29 is 4.79 Å². The Hall–Kier alpha value is -2.88. The van der Waals surface area contributed by atoms with Crippen molar-refractivity contribution in [2.45, 2.75) is 45.2 Å². The molecule has 0 aliphatic heterocycles. The topological polar surface area (TPSA) is 53.2 Å². The van der Waals surface area contributed by atoms with Crippen molar-refractivity contribution in [2.75, 3.05) is 0 Å². The molecule has 1 heterocycles. The van der Waals surface area contributed by atoms with Crippen molar-refractivity contribution in [2.24, 2.45) is 0 Å². The molecule has 138 valence electrons. The van der Waals surface area contributed by atoms with Gasteiger partial charge >= 0.3 is 0 Å². The second-order valence-corrected chi connectivity index (χ2v) is 7.66. The van der Waals surface area contributed by atoms with Crippen LogP contribution in [0.4, 0.5) is 0 Å². The number of nitrogens with one attached hydrogen (secondary N) is 1. The fraction of sp³-hybridized carbons (Fsp3) is 0.304. The van der Waals surface area contributed by atoms with Gasteiger partial charge in [0, 0.05) is 18.0 Å². The lowest BCUT2D eigenvalue weighted by Gasteiger charge is -2.23. The Kier molecular flexibility index (Phi) is 4.56. The molecule has 1 N–H and O–H groups in total. The summed E-state index contributed by atoms with van der Waals surface area (Å²) in [5.41, 5.74) is 2.56. The van der Waals surface area contributed by atoms with Crippen LogP contribution in [0.1, 0.15) is 54.2 Å². The van der Waals surface area contributed by atoms with Crippen LogP contribution in [0.25, 0.3) is 10.8 Å². The van der Waals surface area contributed by atoms with Crippen LogP contribution in [0.3, 0.4) is 0 Å². The molecule has 4 nitrogen and oxygen atoms in total. The van der Waals surface area contributed by atoms with Gasteiger partial charge in [-0.25, -0.2) is 0 Å². The Bertz CT molecular complexity index is 1030. The third kappa shape index (κ3) is 3.65. The van der Waals surface area contributed by atoms with E-state index in [1.54, 1.807) is 12.1 Å². The van der Waals surface area contributed by atoms with Crippen molar-refractivity contribution in [3.05, 3.63) is 81.8 Å². The number of aromatic nitrogens is 1. The fourth-order valence-corrected chi connectivity index (χ4v) is 3.44. The summed E-state index contributed by atoms with van der Waals surface area (Å²) in [5.74, 6) is 0.385. The monoisotopic (exact) mass is 360 g/mol. The number of pyridine rings is 1. The summed E-state index contributed by atoms with van der Waals surface area (Å²) >= 11 is 0. The Morgan fingerprint density at radius 2 is 1.81 bits per heavy atom. The lowest BCUT2D eigenvalue weighted by atomic mass is 10.0. The minimum atomic E-state index is -0.214. The minimum Gasteiger partial charge on any atom is -0.330 e. The number of fused-ring (bicyclic) bond motifs is 1. The van der Waals surface area contributed by atoms with E-state index >= 15 is 0 Å². The van der Waals surface area contributed by atoms with E-state index in [0.717, 1.165) is 23.8 Å². The van der Waals surface area contributed by atoms with E-state index in [9.17, 15) is 9.59 Å². The SMILES string of the molecule is CC(C)c1ccc(CN(C(=O)c2cc3ccccc3c(=O)[nH]2)C2CC2)cc1. The summed E-state index contributed by atoms with van der Waals surface area (Å²) < 4.78 is 0. The van der Waals surface area contributed by atoms with E-state index in [1.165, 1.54) is 5.56 Å². The van der Waals surface area contributed by atoms with Gasteiger partial charge in [-0.15, -0.1) is 0 Å². The van der Waals surface area contributed by atoms with Gasteiger partial charge in [-0.3, -0.25) is 9.59 Å². The molecule has 0 unspecified atom stereocenters. The smallest absolute Gasteiger partial charge is 0.270 e. The highest BCUT2D eigenvalue weighted by atomic mass is 16.2. The summed E-state index contributed by atoms with van der Waals surface area (Å²) in [6.45, 7) is 4.91. The van der Waals surface area contributed by atoms with E-state index < -0.39 is 0 Å². The molecule has 0 radical (unpaired) electrons. The molecular weight excluding hydrogens is 336 g/mol. The molecule has 4 rings (SSSR count). The molecule has 1 amide bonds. The predicted molar refractivity (Wildman–Crippen MR) is 108 cm³/mol. The van der Waals surface area contributed by atoms with Crippen molar-refractivity contribution in [1.29, 1.82) is 0 Å². The molecule has 1 aliphatic carbocycles. The normalized spacial score (nSPS) is 13.9. The second kappa shape index (κ2) is 7.03. The summed E-state index contributed by atoms with van der Waals surface area (Å²) in [7, 11) is 0. The number of nitrogens with zero attached hydrogens (tertiary/aromatic N) is 1. The van der Waals surface area contributed by atoms with Gasteiger partial charge in [-0.1, -0.05) is 56.3 Å². The number of carbonyl (C=O) groups is 1. The summed E-state index contributed by atoms with van der Waals surface area (Å²) in [6.07, 6.45) is 2.04. The first-order chi connectivity index (χ1) is 13.0. The standard InChI is InChI=1S/C23H24N2O2/c1-15(2)17-9-7-16(8-10-17)14-25(19-11-12-19)23(27)21-13-18-5-3-4-6-20(18)22(26)24-21/h3-10,13,15,19H,11-12,14H2,1-2H3,(H,24,26). The highest BCUT2D eigenvalue weighted by Crippen LogP contribution is 2.30. The van der Waals surface area contributed by atoms with Crippen LogP contribution in [0.15, 0.2) is 59.4 Å².